The zero-order valence-electron chi connectivity index (χ0n) is 16.1. The highest BCUT2D eigenvalue weighted by Crippen LogP contribution is 2.31. The topological polar surface area (TPSA) is 58.1 Å². The summed E-state index contributed by atoms with van der Waals surface area (Å²) in [6.45, 7) is 1.47. The molecule has 0 bridgehead atoms. The van der Waals surface area contributed by atoms with Gasteiger partial charge in [0.05, 0.1) is 20.3 Å². The maximum atomic E-state index is 5.43. The van der Waals surface area contributed by atoms with Gasteiger partial charge in [0.15, 0.2) is 17.5 Å². The fraction of sp³-hybridized carbons (Fsp3) is 0.421. The fourth-order valence-corrected chi connectivity index (χ4v) is 3.32. The molecule has 26 heavy (non-hydrogen) atoms. The zero-order valence-corrected chi connectivity index (χ0v) is 16.9. The van der Waals surface area contributed by atoms with E-state index in [2.05, 4.69) is 57.5 Å². The van der Waals surface area contributed by atoms with E-state index in [4.69, 9.17) is 9.47 Å². The van der Waals surface area contributed by atoms with Gasteiger partial charge in [-0.15, -0.1) is 0 Å². The van der Waals surface area contributed by atoms with Gasteiger partial charge >= 0.3 is 0 Å². The molecule has 1 unspecified atom stereocenters. The van der Waals surface area contributed by atoms with E-state index in [-0.39, 0.29) is 6.04 Å². The van der Waals surface area contributed by atoms with Gasteiger partial charge in [0.2, 0.25) is 0 Å². The number of thiophene rings is 1. The number of guanidine groups is 1. The molecule has 0 aliphatic carbocycles. The van der Waals surface area contributed by atoms with Crippen molar-refractivity contribution in [2.45, 2.75) is 12.6 Å². The molecule has 0 radical (unpaired) electrons. The first-order chi connectivity index (χ1) is 12.6. The molecular weight excluding hydrogens is 348 g/mol. The van der Waals surface area contributed by atoms with E-state index in [1.54, 1.807) is 32.6 Å². The van der Waals surface area contributed by atoms with E-state index in [0.717, 1.165) is 29.6 Å². The summed E-state index contributed by atoms with van der Waals surface area (Å²) < 4.78 is 10.8. The van der Waals surface area contributed by atoms with Crippen LogP contribution in [0.3, 0.4) is 0 Å². The third-order valence-electron chi connectivity index (χ3n) is 4.14. The molecule has 1 aromatic carbocycles. The second-order valence-corrected chi connectivity index (χ2v) is 6.81. The van der Waals surface area contributed by atoms with Crippen LogP contribution in [0.5, 0.6) is 11.5 Å². The maximum absolute atomic E-state index is 5.43. The normalized spacial score (nSPS) is 12.8. The van der Waals surface area contributed by atoms with Crippen LogP contribution in [0.15, 0.2) is 40.0 Å². The van der Waals surface area contributed by atoms with Crippen molar-refractivity contribution >= 4 is 17.3 Å². The van der Waals surface area contributed by atoms with Crippen LogP contribution in [-0.2, 0) is 6.54 Å². The van der Waals surface area contributed by atoms with Crippen molar-refractivity contribution in [3.63, 3.8) is 0 Å². The predicted octanol–water partition coefficient (Wildman–Crippen LogP) is 2.73. The van der Waals surface area contributed by atoms with E-state index in [1.165, 1.54) is 5.56 Å². The molecule has 7 heteroatoms. The highest BCUT2D eigenvalue weighted by molar-refractivity contribution is 7.07. The first-order valence-electron chi connectivity index (χ1n) is 8.43. The molecule has 6 nitrogen and oxygen atoms in total. The predicted molar refractivity (Wildman–Crippen MR) is 108 cm³/mol. The van der Waals surface area contributed by atoms with Crippen molar-refractivity contribution in [1.82, 2.24) is 15.5 Å². The van der Waals surface area contributed by atoms with Crippen molar-refractivity contribution in [3.05, 3.63) is 46.2 Å². The van der Waals surface area contributed by atoms with Gasteiger partial charge in [-0.05, 0) is 54.2 Å². The van der Waals surface area contributed by atoms with Crippen LogP contribution < -0.4 is 20.1 Å². The Labute approximate surface area is 159 Å². The summed E-state index contributed by atoms with van der Waals surface area (Å²) in [5.41, 5.74) is 2.40. The standard InChI is InChI=1S/C19H28N4O2S/c1-20-19(21-11-14-8-9-26-13-14)22-12-16(23(2)3)15-6-7-17(24-4)18(10-15)25-5/h6-10,13,16H,11-12H2,1-5H3,(H2,20,21,22). The fourth-order valence-electron chi connectivity index (χ4n) is 2.65. The average molecular weight is 377 g/mol. The van der Waals surface area contributed by atoms with Gasteiger partial charge in [-0.3, -0.25) is 4.99 Å². The van der Waals surface area contributed by atoms with Gasteiger partial charge in [0.25, 0.3) is 0 Å². The van der Waals surface area contributed by atoms with Gasteiger partial charge in [-0.25, -0.2) is 0 Å². The van der Waals surface area contributed by atoms with Crippen LogP contribution in [0, 0.1) is 0 Å². The second-order valence-electron chi connectivity index (χ2n) is 6.03. The lowest BCUT2D eigenvalue weighted by molar-refractivity contribution is 0.295. The molecule has 2 N–H and O–H groups in total. The Bertz CT molecular complexity index is 702. The number of rotatable bonds is 8. The monoisotopic (exact) mass is 376 g/mol. The third-order valence-corrected chi connectivity index (χ3v) is 4.87. The Morgan fingerprint density at radius 1 is 1.15 bits per heavy atom. The summed E-state index contributed by atoms with van der Waals surface area (Å²) >= 11 is 1.70. The summed E-state index contributed by atoms with van der Waals surface area (Å²) in [4.78, 5) is 6.48. The Morgan fingerprint density at radius 3 is 2.50 bits per heavy atom. The number of aliphatic imine (C=N–C) groups is 1. The third kappa shape index (κ3) is 5.37. The molecule has 0 saturated carbocycles. The van der Waals surface area contributed by atoms with Gasteiger partial charge < -0.3 is 25.0 Å². The van der Waals surface area contributed by atoms with Crippen LogP contribution in [0.2, 0.25) is 0 Å². The lowest BCUT2D eigenvalue weighted by atomic mass is 10.1. The number of methoxy groups -OCH3 is 2. The highest BCUT2D eigenvalue weighted by atomic mass is 32.1. The minimum atomic E-state index is 0.162. The van der Waals surface area contributed by atoms with Gasteiger partial charge in [-0.1, -0.05) is 6.07 Å². The summed E-state index contributed by atoms with van der Waals surface area (Å²) in [7, 11) is 9.20. The minimum Gasteiger partial charge on any atom is -0.493 e. The molecule has 0 aliphatic rings. The number of hydrogen-bond acceptors (Lipinski definition) is 5. The van der Waals surface area contributed by atoms with Crippen molar-refractivity contribution < 1.29 is 9.47 Å². The average Bonchev–Trinajstić information content (AvgIpc) is 3.17. The number of nitrogens with zero attached hydrogens (tertiary/aromatic N) is 2. The molecule has 0 fully saturated rings. The van der Waals surface area contributed by atoms with E-state index in [9.17, 15) is 0 Å². The largest absolute Gasteiger partial charge is 0.493 e. The van der Waals surface area contributed by atoms with Crippen LogP contribution in [0.25, 0.3) is 0 Å². The maximum Gasteiger partial charge on any atom is 0.191 e. The van der Waals surface area contributed by atoms with Crippen molar-refractivity contribution in [2.75, 3.05) is 41.9 Å². The lowest BCUT2D eigenvalue weighted by Crippen LogP contribution is -2.41. The Kier molecular flexibility index (Phi) is 7.74. The molecule has 0 spiro atoms. The van der Waals surface area contributed by atoms with E-state index < -0.39 is 0 Å². The molecular formula is C19H28N4O2S. The van der Waals surface area contributed by atoms with E-state index in [0.29, 0.717) is 6.54 Å². The Balaban J connectivity index is 2.03. The summed E-state index contributed by atoms with van der Waals surface area (Å²) in [5, 5.41) is 11.0. The molecule has 2 rings (SSSR count). The number of likely N-dealkylation sites (N-methyl/N-ethyl adjacent to an activating group) is 1. The van der Waals surface area contributed by atoms with Gasteiger partial charge in [-0.2, -0.15) is 11.3 Å². The SMILES string of the molecule is CN=C(NCc1ccsc1)NCC(c1ccc(OC)c(OC)c1)N(C)C. The highest BCUT2D eigenvalue weighted by Gasteiger charge is 2.17. The molecule has 1 aromatic heterocycles. The molecule has 0 aliphatic heterocycles. The summed E-state index contributed by atoms with van der Waals surface area (Å²) in [6, 6.07) is 8.29. The number of nitrogens with one attached hydrogen (secondary N) is 2. The molecule has 0 saturated heterocycles. The number of hydrogen-bond donors (Lipinski definition) is 2. The molecule has 1 atom stereocenters. The van der Waals surface area contributed by atoms with E-state index >= 15 is 0 Å². The molecule has 142 valence electrons. The smallest absolute Gasteiger partial charge is 0.191 e. The summed E-state index contributed by atoms with van der Waals surface area (Å²) in [6.07, 6.45) is 0. The summed E-state index contributed by atoms with van der Waals surface area (Å²) in [5.74, 6) is 2.25. The molecule has 1 heterocycles. The number of ether oxygens (including phenoxy) is 2. The lowest BCUT2D eigenvalue weighted by Gasteiger charge is -2.26. The molecule has 2 aromatic rings. The second kappa shape index (κ2) is 10.0. The van der Waals surface area contributed by atoms with E-state index in [1.807, 2.05) is 12.1 Å². The van der Waals surface area contributed by atoms with Crippen molar-refractivity contribution in [3.8, 4) is 11.5 Å². The Hall–Kier alpha value is -2.25. The van der Waals surface area contributed by atoms with Crippen LogP contribution >= 0.6 is 11.3 Å². The van der Waals surface area contributed by atoms with Crippen molar-refractivity contribution in [1.29, 1.82) is 0 Å². The quantitative estimate of drug-likeness (QED) is 0.548. The Morgan fingerprint density at radius 2 is 1.92 bits per heavy atom. The van der Waals surface area contributed by atoms with Gasteiger partial charge in [0.1, 0.15) is 0 Å². The first-order valence-corrected chi connectivity index (χ1v) is 9.37. The number of benzene rings is 1. The van der Waals surface area contributed by atoms with Gasteiger partial charge in [0, 0.05) is 20.1 Å². The van der Waals surface area contributed by atoms with Crippen LogP contribution in [-0.4, -0.2) is 52.8 Å². The zero-order chi connectivity index (χ0) is 18.9. The van der Waals surface area contributed by atoms with Crippen LogP contribution in [0.1, 0.15) is 17.2 Å². The van der Waals surface area contributed by atoms with Crippen molar-refractivity contribution in [2.24, 2.45) is 4.99 Å². The van der Waals surface area contributed by atoms with Crippen LogP contribution in [0.4, 0.5) is 0 Å². The molecule has 0 amide bonds. The first kappa shape index (κ1) is 20.1. The minimum absolute atomic E-state index is 0.162.